The van der Waals surface area contributed by atoms with Crippen LogP contribution >= 0.6 is 34.9 Å². The molecule has 0 aliphatic rings. The number of aromatic nitrogens is 1. The van der Waals surface area contributed by atoms with Crippen LogP contribution in [0.4, 0.5) is 5.00 Å². The summed E-state index contributed by atoms with van der Waals surface area (Å²) >= 11 is 8.05. The van der Waals surface area contributed by atoms with E-state index >= 15 is 0 Å². The van der Waals surface area contributed by atoms with Crippen molar-refractivity contribution in [2.75, 3.05) is 5.73 Å². The van der Waals surface area contributed by atoms with Crippen LogP contribution in [-0.2, 0) is 0 Å². The van der Waals surface area contributed by atoms with Crippen molar-refractivity contribution >= 4 is 39.9 Å². The van der Waals surface area contributed by atoms with Crippen LogP contribution in [0.2, 0.25) is 0 Å². The first kappa shape index (κ1) is 7.97. The predicted octanol–water partition coefficient (Wildman–Crippen LogP) is 3.12. The Kier molecular flexibility index (Phi) is 2.00. The molecule has 0 spiro atoms. The Morgan fingerprint density at radius 1 is 1.50 bits per heavy atom. The van der Waals surface area contributed by atoms with Gasteiger partial charge in [-0.1, -0.05) is 17.4 Å². The first-order valence-corrected chi connectivity index (χ1v) is 5.40. The minimum absolute atomic E-state index is 0.732. The van der Waals surface area contributed by atoms with Gasteiger partial charge in [-0.15, -0.1) is 11.3 Å². The van der Waals surface area contributed by atoms with Crippen LogP contribution in [0.1, 0.15) is 0 Å². The van der Waals surface area contributed by atoms with Crippen LogP contribution in [0.5, 0.6) is 0 Å². The molecule has 5 heteroatoms. The topological polar surface area (TPSA) is 41.8 Å². The Labute approximate surface area is 82.7 Å². The number of nitrogen functional groups attached to an aromatic ring is 1. The smallest absolute Gasteiger partial charge is 0.160 e. The Bertz CT molecular complexity index is 424. The van der Waals surface area contributed by atoms with Gasteiger partial charge >= 0.3 is 0 Å². The number of nitrogens with two attached hydrogens (primary N) is 1. The van der Waals surface area contributed by atoms with E-state index in [0.29, 0.717) is 0 Å². The van der Waals surface area contributed by atoms with Crippen LogP contribution in [0.15, 0.2) is 17.5 Å². The molecule has 2 heterocycles. The summed E-state index contributed by atoms with van der Waals surface area (Å²) in [5.41, 5.74) is 6.72. The van der Waals surface area contributed by atoms with Crippen LogP contribution in [0, 0.1) is 3.95 Å². The SMILES string of the molecule is Nc1sc(=S)[nH]c1-c1cccs1. The zero-order valence-electron chi connectivity index (χ0n) is 6.03. The molecule has 2 aromatic heterocycles. The van der Waals surface area contributed by atoms with Gasteiger partial charge in [-0.2, -0.15) is 0 Å². The molecule has 2 rings (SSSR count). The number of thiophene rings is 1. The first-order chi connectivity index (χ1) is 5.77. The van der Waals surface area contributed by atoms with E-state index in [4.69, 9.17) is 18.0 Å². The van der Waals surface area contributed by atoms with E-state index in [9.17, 15) is 0 Å². The molecule has 0 radical (unpaired) electrons. The highest BCUT2D eigenvalue weighted by molar-refractivity contribution is 7.73. The number of thiazole rings is 1. The Morgan fingerprint density at radius 3 is 2.83 bits per heavy atom. The third-order valence-electron chi connectivity index (χ3n) is 1.44. The number of hydrogen-bond acceptors (Lipinski definition) is 4. The zero-order chi connectivity index (χ0) is 8.55. The molecule has 0 aliphatic heterocycles. The number of aromatic amines is 1. The van der Waals surface area contributed by atoms with Crippen molar-refractivity contribution in [1.29, 1.82) is 0 Å². The Hall–Kier alpha value is -0.650. The van der Waals surface area contributed by atoms with Gasteiger partial charge in [0.2, 0.25) is 0 Å². The highest BCUT2D eigenvalue weighted by Gasteiger charge is 2.05. The van der Waals surface area contributed by atoms with Crippen molar-refractivity contribution in [2.24, 2.45) is 0 Å². The first-order valence-electron chi connectivity index (χ1n) is 3.30. The maximum atomic E-state index is 5.76. The van der Waals surface area contributed by atoms with E-state index in [2.05, 4.69) is 4.98 Å². The van der Waals surface area contributed by atoms with Crippen molar-refractivity contribution in [3.05, 3.63) is 21.5 Å². The van der Waals surface area contributed by atoms with Gasteiger partial charge < -0.3 is 10.7 Å². The quantitative estimate of drug-likeness (QED) is 0.716. The number of rotatable bonds is 1. The van der Waals surface area contributed by atoms with Gasteiger partial charge in [0.1, 0.15) is 5.00 Å². The standard InChI is InChI=1S/C7H6N2S3/c8-6-5(9-7(10)12-6)4-2-1-3-11-4/h1-3H,8H2,(H,9,10). The third kappa shape index (κ3) is 1.31. The zero-order valence-corrected chi connectivity index (χ0v) is 8.48. The summed E-state index contributed by atoms with van der Waals surface area (Å²) in [6, 6.07) is 4.02. The molecule has 0 fully saturated rings. The second kappa shape index (κ2) is 3.01. The van der Waals surface area contributed by atoms with E-state index in [0.717, 1.165) is 19.5 Å². The molecule has 0 unspecified atom stereocenters. The van der Waals surface area contributed by atoms with Crippen LogP contribution in [0.3, 0.4) is 0 Å². The number of hydrogen-bond donors (Lipinski definition) is 2. The molecular formula is C7H6N2S3. The average Bonchev–Trinajstić information content (AvgIpc) is 2.58. The van der Waals surface area contributed by atoms with Crippen LogP contribution < -0.4 is 5.73 Å². The molecule has 0 aliphatic carbocycles. The molecule has 3 N–H and O–H groups in total. The average molecular weight is 214 g/mol. The van der Waals surface area contributed by atoms with Gasteiger partial charge in [0.05, 0.1) is 10.6 Å². The second-order valence-electron chi connectivity index (χ2n) is 2.23. The van der Waals surface area contributed by atoms with Gasteiger partial charge in [0.25, 0.3) is 0 Å². The van der Waals surface area contributed by atoms with Crippen molar-refractivity contribution in [3.63, 3.8) is 0 Å². The van der Waals surface area contributed by atoms with Crippen LogP contribution in [0.25, 0.3) is 10.6 Å². The van der Waals surface area contributed by atoms with Gasteiger partial charge in [-0.05, 0) is 23.7 Å². The predicted molar refractivity (Wildman–Crippen MR) is 57.2 cm³/mol. The van der Waals surface area contributed by atoms with Gasteiger partial charge in [-0.3, -0.25) is 0 Å². The highest BCUT2D eigenvalue weighted by Crippen LogP contribution is 2.31. The minimum Gasteiger partial charge on any atom is -0.389 e. The molecule has 2 nitrogen and oxygen atoms in total. The lowest BCUT2D eigenvalue weighted by molar-refractivity contribution is 1.41. The third-order valence-corrected chi connectivity index (χ3v) is 3.39. The minimum atomic E-state index is 0.732. The van der Waals surface area contributed by atoms with E-state index < -0.39 is 0 Å². The molecular weight excluding hydrogens is 208 g/mol. The van der Waals surface area contributed by atoms with Crippen molar-refractivity contribution < 1.29 is 0 Å². The van der Waals surface area contributed by atoms with Crippen LogP contribution in [-0.4, -0.2) is 4.98 Å². The van der Waals surface area contributed by atoms with E-state index in [-0.39, 0.29) is 0 Å². The molecule has 62 valence electrons. The second-order valence-corrected chi connectivity index (χ2v) is 4.90. The Morgan fingerprint density at radius 2 is 2.33 bits per heavy atom. The summed E-state index contributed by atoms with van der Waals surface area (Å²) in [5, 5.41) is 2.78. The Balaban J connectivity index is 2.61. The van der Waals surface area contributed by atoms with E-state index in [1.54, 1.807) is 11.3 Å². The monoisotopic (exact) mass is 214 g/mol. The molecule has 2 aromatic rings. The summed E-state index contributed by atoms with van der Waals surface area (Å²) in [5.74, 6) is 0. The lowest BCUT2D eigenvalue weighted by Crippen LogP contribution is -1.82. The molecule has 0 saturated heterocycles. The van der Waals surface area contributed by atoms with Crippen molar-refractivity contribution in [2.45, 2.75) is 0 Å². The fraction of sp³-hybridized carbons (Fsp3) is 0. The summed E-state index contributed by atoms with van der Waals surface area (Å²) in [4.78, 5) is 4.20. The fourth-order valence-corrected chi connectivity index (χ4v) is 2.74. The van der Waals surface area contributed by atoms with E-state index in [1.807, 2.05) is 17.5 Å². The number of nitrogens with one attached hydrogen (secondary N) is 1. The van der Waals surface area contributed by atoms with Crippen molar-refractivity contribution in [1.82, 2.24) is 4.98 Å². The normalized spacial score (nSPS) is 10.3. The number of H-pyrrole nitrogens is 1. The highest BCUT2D eigenvalue weighted by atomic mass is 32.1. The lowest BCUT2D eigenvalue weighted by atomic mass is 10.4. The maximum Gasteiger partial charge on any atom is 0.160 e. The summed E-state index contributed by atoms with van der Waals surface area (Å²) in [6.45, 7) is 0. The summed E-state index contributed by atoms with van der Waals surface area (Å²) in [7, 11) is 0. The fourth-order valence-electron chi connectivity index (χ4n) is 0.944. The van der Waals surface area contributed by atoms with Gasteiger partial charge in [0.15, 0.2) is 3.95 Å². The molecule has 0 amide bonds. The van der Waals surface area contributed by atoms with Gasteiger partial charge in [0, 0.05) is 0 Å². The van der Waals surface area contributed by atoms with E-state index in [1.165, 1.54) is 11.3 Å². The molecule has 0 atom stereocenters. The van der Waals surface area contributed by atoms with Crippen molar-refractivity contribution in [3.8, 4) is 10.6 Å². The number of anilines is 1. The molecule has 0 saturated carbocycles. The molecule has 0 aromatic carbocycles. The van der Waals surface area contributed by atoms with Gasteiger partial charge in [-0.25, -0.2) is 0 Å². The largest absolute Gasteiger partial charge is 0.389 e. The summed E-state index contributed by atoms with van der Waals surface area (Å²) in [6.07, 6.45) is 0. The molecule has 12 heavy (non-hydrogen) atoms. The molecule has 0 bridgehead atoms. The maximum absolute atomic E-state index is 5.76. The lowest BCUT2D eigenvalue weighted by Gasteiger charge is -1.91. The summed E-state index contributed by atoms with van der Waals surface area (Å²) < 4.78 is 0.732.